The van der Waals surface area contributed by atoms with Crippen molar-refractivity contribution in [3.05, 3.63) is 0 Å². The maximum atomic E-state index is 11.3. The van der Waals surface area contributed by atoms with E-state index in [9.17, 15) is 4.79 Å². The van der Waals surface area contributed by atoms with Gasteiger partial charge in [-0.05, 0) is 39.9 Å². The van der Waals surface area contributed by atoms with E-state index in [1.807, 2.05) is 0 Å². The number of hydrogen-bond acceptors (Lipinski definition) is 2. The first kappa shape index (κ1) is 14.4. The van der Waals surface area contributed by atoms with Crippen molar-refractivity contribution < 1.29 is 4.79 Å². The van der Waals surface area contributed by atoms with Gasteiger partial charge in [-0.15, -0.1) is 0 Å². The maximum absolute atomic E-state index is 11.3. The van der Waals surface area contributed by atoms with Crippen LogP contribution in [0.3, 0.4) is 0 Å². The highest BCUT2D eigenvalue weighted by atomic mass is 16.1. The number of nitrogens with one attached hydrogen (secondary N) is 1. The first-order valence-electron chi connectivity index (χ1n) is 6.08. The van der Waals surface area contributed by atoms with Crippen LogP contribution in [0.5, 0.6) is 0 Å². The average molecular weight is 214 g/mol. The van der Waals surface area contributed by atoms with Gasteiger partial charge in [-0.3, -0.25) is 4.79 Å². The van der Waals surface area contributed by atoms with Crippen LogP contribution >= 0.6 is 0 Å². The summed E-state index contributed by atoms with van der Waals surface area (Å²) in [6.45, 7) is 4.10. The van der Waals surface area contributed by atoms with Gasteiger partial charge < -0.3 is 10.2 Å². The standard InChI is InChI=1S/C12H26N2O/c1-4-5-10-13-12(15)9-7-6-8-11-14(2)3/h4-11H2,1-3H3,(H,13,15). The Morgan fingerprint density at radius 2 is 1.87 bits per heavy atom. The largest absolute Gasteiger partial charge is 0.356 e. The van der Waals surface area contributed by atoms with Gasteiger partial charge in [0.1, 0.15) is 0 Å². The molecule has 0 rings (SSSR count). The monoisotopic (exact) mass is 214 g/mol. The molecule has 0 radical (unpaired) electrons. The summed E-state index contributed by atoms with van der Waals surface area (Å²) in [6.07, 6.45) is 6.28. The van der Waals surface area contributed by atoms with E-state index in [2.05, 4.69) is 31.2 Å². The quantitative estimate of drug-likeness (QED) is 0.596. The third kappa shape index (κ3) is 11.4. The van der Waals surface area contributed by atoms with Crippen molar-refractivity contribution in [3.8, 4) is 0 Å². The summed E-state index contributed by atoms with van der Waals surface area (Å²) in [5.41, 5.74) is 0. The zero-order valence-corrected chi connectivity index (χ0v) is 10.5. The lowest BCUT2D eigenvalue weighted by atomic mass is 10.2. The van der Waals surface area contributed by atoms with Crippen LogP contribution in [-0.2, 0) is 4.79 Å². The van der Waals surface area contributed by atoms with Crippen LogP contribution < -0.4 is 5.32 Å². The molecule has 0 saturated heterocycles. The van der Waals surface area contributed by atoms with Crippen LogP contribution in [0.1, 0.15) is 45.4 Å². The highest BCUT2D eigenvalue weighted by molar-refractivity contribution is 5.75. The Bertz CT molecular complexity index is 158. The smallest absolute Gasteiger partial charge is 0.219 e. The normalized spacial score (nSPS) is 10.7. The molecule has 90 valence electrons. The van der Waals surface area contributed by atoms with Crippen molar-refractivity contribution in [2.45, 2.75) is 45.4 Å². The van der Waals surface area contributed by atoms with Crippen LogP contribution in [0.25, 0.3) is 0 Å². The summed E-state index contributed by atoms with van der Waals surface area (Å²) >= 11 is 0. The van der Waals surface area contributed by atoms with E-state index < -0.39 is 0 Å². The van der Waals surface area contributed by atoms with Gasteiger partial charge in [-0.25, -0.2) is 0 Å². The Morgan fingerprint density at radius 3 is 2.47 bits per heavy atom. The van der Waals surface area contributed by atoms with Crippen molar-refractivity contribution in [1.29, 1.82) is 0 Å². The van der Waals surface area contributed by atoms with E-state index in [1.54, 1.807) is 0 Å². The Hall–Kier alpha value is -0.570. The van der Waals surface area contributed by atoms with Crippen molar-refractivity contribution in [2.75, 3.05) is 27.2 Å². The second-order valence-corrected chi connectivity index (χ2v) is 4.32. The molecule has 0 heterocycles. The number of rotatable bonds is 9. The molecule has 0 aliphatic rings. The first-order chi connectivity index (χ1) is 7.16. The predicted octanol–water partition coefficient (Wildman–Crippen LogP) is 2.02. The lowest BCUT2D eigenvalue weighted by Gasteiger charge is -2.08. The Morgan fingerprint density at radius 1 is 1.13 bits per heavy atom. The lowest BCUT2D eigenvalue weighted by Crippen LogP contribution is -2.23. The summed E-state index contributed by atoms with van der Waals surface area (Å²) in [4.78, 5) is 13.5. The van der Waals surface area contributed by atoms with Crippen molar-refractivity contribution >= 4 is 5.91 Å². The van der Waals surface area contributed by atoms with Crippen LogP contribution in [-0.4, -0.2) is 38.0 Å². The molecule has 1 amide bonds. The van der Waals surface area contributed by atoms with Crippen LogP contribution in [0, 0.1) is 0 Å². The van der Waals surface area contributed by atoms with E-state index in [4.69, 9.17) is 0 Å². The van der Waals surface area contributed by atoms with Gasteiger partial charge in [0.2, 0.25) is 5.91 Å². The van der Waals surface area contributed by atoms with Crippen molar-refractivity contribution in [2.24, 2.45) is 0 Å². The fourth-order valence-electron chi connectivity index (χ4n) is 1.38. The van der Waals surface area contributed by atoms with Crippen LogP contribution in [0.15, 0.2) is 0 Å². The molecule has 0 aromatic carbocycles. The molecule has 0 bridgehead atoms. The number of carbonyl (C=O) groups is 1. The van der Waals surface area contributed by atoms with E-state index in [0.717, 1.165) is 38.8 Å². The van der Waals surface area contributed by atoms with Gasteiger partial charge in [0.15, 0.2) is 0 Å². The fourth-order valence-corrected chi connectivity index (χ4v) is 1.38. The van der Waals surface area contributed by atoms with Gasteiger partial charge >= 0.3 is 0 Å². The highest BCUT2D eigenvalue weighted by Crippen LogP contribution is 2.00. The Kier molecular flexibility index (Phi) is 9.59. The van der Waals surface area contributed by atoms with E-state index >= 15 is 0 Å². The second kappa shape index (κ2) is 9.97. The van der Waals surface area contributed by atoms with E-state index in [0.29, 0.717) is 6.42 Å². The summed E-state index contributed by atoms with van der Waals surface area (Å²) in [6, 6.07) is 0. The van der Waals surface area contributed by atoms with Crippen molar-refractivity contribution in [3.63, 3.8) is 0 Å². The fraction of sp³-hybridized carbons (Fsp3) is 0.917. The molecule has 0 aliphatic carbocycles. The molecule has 0 saturated carbocycles. The molecule has 0 spiro atoms. The molecule has 3 heteroatoms. The van der Waals surface area contributed by atoms with Gasteiger partial charge in [-0.1, -0.05) is 19.8 Å². The van der Waals surface area contributed by atoms with Crippen LogP contribution in [0.2, 0.25) is 0 Å². The van der Waals surface area contributed by atoms with Gasteiger partial charge in [0.25, 0.3) is 0 Å². The summed E-state index contributed by atoms with van der Waals surface area (Å²) in [5.74, 6) is 0.216. The summed E-state index contributed by atoms with van der Waals surface area (Å²) in [7, 11) is 4.16. The number of carbonyl (C=O) groups excluding carboxylic acids is 1. The third-order valence-electron chi connectivity index (χ3n) is 2.36. The minimum absolute atomic E-state index is 0.216. The number of unbranched alkanes of at least 4 members (excludes halogenated alkanes) is 3. The predicted molar refractivity (Wildman–Crippen MR) is 64.9 cm³/mol. The molecule has 0 aromatic heterocycles. The molecule has 0 atom stereocenters. The van der Waals surface area contributed by atoms with Gasteiger partial charge in [0.05, 0.1) is 0 Å². The molecular formula is C12H26N2O. The van der Waals surface area contributed by atoms with E-state index in [-0.39, 0.29) is 5.91 Å². The average Bonchev–Trinajstić information content (AvgIpc) is 2.17. The van der Waals surface area contributed by atoms with Gasteiger partial charge in [0, 0.05) is 13.0 Å². The molecule has 0 unspecified atom stereocenters. The molecule has 3 nitrogen and oxygen atoms in total. The molecule has 0 fully saturated rings. The zero-order chi connectivity index (χ0) is 11.5. The number of amides is 1. The summed E-state index contributed by atoms with van der Waals surface area (Å²) < 4.78 is 0. The SMILES string of the molecule is CCCCNC(=O)CCCCCN(C)C. The topological polar surface area (TPSA) is 32.3 Å². The van der Waals surface area contributed by atoms with Crippen molar-refractivity contribution in [1.82, 2.24) is 10.2 Å². The minimum Gasteiger partial charge on any atom is -0.356 e. The molecule has 0 aliphatic heterocycles. The molecular weight excluding hydrogens is 188 g/mol. The van der Waals surface area contributed by atoms with Gasteiger partial charge in [-0.2, -0.15) is 0 Å². The zero-order valence-electron chi connectivity index (χ0n) is 10.5. The van der Waals surface area contributed by atoms with Crippen LogP contribution in [0.4, 0.5) is 0 Å². The maximum Gasteiger partial charge on any atom is 0.219 e. The number of nitrogens with zero attached hydrogens (tertiary/aromatic N) is 1. The molecule has 15 heavy (non-hydrogen) atoms. The molecule has 1 N–H and O–H groups in total. The summed E-state index contributed by atoms with van der Waals surface area (Å²) in [5, 5.41) is 2.93. The molecule has 0 aromatic rings. The Balaban J connectivity index is 3.17. The lowest BCUT2D eigenvalue weighted by molar-refractivity contribution is -0.121. The minimum atomic E-state index is 0.216. The number of hydrogen-bond donors (Lipinski definition) is 1. The highest BCUT2D eigenvalue weighted by Gasteiger charge is 1.99. The van der Waals surface area contributed by atoms with E-state index in [1.165, 1.54) is 6.42 Å². The Labute approximate surface area is 94.2 Å². The second-order valence-electron chi connectivity index (χ2n) is 4.32. The first-order valence-corrected chi connectivity index (χ1v) is 6.08. The third-order valence-corrected chi connectivity index (χ3v) is 2.36.